The van der Waals surface area contributed by atoms with E-state index in [1.54, 1.807) is 6.20 Å². The molecule has 2 rings (SSSR count). The van der Waals surface area contributed by atoms with Crippen LogP contribution in [0.15, 0.2) is 39.5 Å². The molecule has 0 aliphatic carbocycles. The molecule has 2 aromatic rings. The van der Waals surface area contributed by atoms with Gasteiger partial charge in [0.05, 0.1) is 16.4 Å². The molecule has 1 aromatic carbocycles. The van der Waals surface area contributed by atoms with E-state index in [1.165, 1.54) is 5.56 Å². The molecule has 18 heavy (non-hydrogen) atoms. The van der Waals surface area contributed by atoms with Crippen LogP contribution >= 0.6 is 31.9 Å². The predicted octanol–water partition coefficient (Wildman–Crippen LogP) is 3.90. The molecule has 3 nitrogen and oxygen atoms in total. The fourth-order valence-electron chi connectivity index (χ4n) is 1.66. The molecular formula is C13H15Br2N3. The summed E-state index contributed by atoms with van der Waals surface area (Å²) in [6.07, 6.45) is 4.87. The highest BCUT2D eigenvalue weighted by atomic mass is 79.9. The Kier molecular flexibility index (Phi) is 4.97. The number of nitrogens with zero attached hydrogens (tertiary/aromatic N) is 2. The lowest BCUT2D eigenvalue weighted by Crippen LogP contribution is -2.14. The summed E-state index contributed by atoms with van der Waals surface area (Å²) in [6.45, 7) is 4.10. The molecular weight excluding hydrogens is 358 g/mol. The van der Waals surface area contributed by atoms with Crippen LogP contribution in [0.1, 0.15) is 18.9 Å². The lowest BCUT2D eigenvalue weighted by atomic mass is 10.2. The summed E-state index contributed by atoms with van der Waals surface area (Å²) in [5.74, 6) is 0. The predicted molar refractivity (Wildman–Crippen MR) is 81.0 cm³/mol. The SMILES string of the molecule is CCCNCc1ccc(-n2cc(Br)cn2)cc1Br. The van der Waals surface area contributed by atoms with Crippen molar-refractivity contribution in [2.45, 2.75) is 19.9 Å². The van der Waals surface area contributed by atoms with E-state index in [-0.39, 0.29) is 0 Å². The third-order valence-corrected chi connectivity index (χ3v) is 3.74. The first-order valence-electron chi connectivity index (χ1n) is 5.90. The Balaban J connectivity index is 2.14. The maximum Gasteiger partial charge on any atom is 0.0657 e. The van der Waals surface area contributed by atoms with Crippen LogP contribution < -0.4 is 5.32 Å². The second-order valence-corrected chi connectivity index (χ2v) is 5.83. The van der Waals surface area contributed by atoms with E-state index in [0.717, 1.165) is 34.1 Å². The van der Waals surface area contributed by atoms with Gasteiger partial charge in [0, 0.05) is 17.2 Å². The molecule has 96 valence electrons. The summed E-state index contributed by atoms with van der Waals surface area (Å²) in [6, 6.07) is 6.28. The average Bonchev–Trinajstić information content (AvgIpc) is 2.78. The molecule has 0 saturated heterocycles. The van der Waals surface area contributed by atoms with E-state index < -0.39 is 0 Å². The van der Waals surface area contributed by atoms with Gasteiger partial charge in [-0.3, -0.25) is 0 Å². The average molecular weight is 373 g/mol. The quantitative estimate of drug-likeness (QED) is 0.806. The van der Waals surface area contributed by atoms with Gasteiger partial charge < -0.3 is 5.32 Å². The summed E-state index contributed by atoms with van der Waals surface area (Å²) in [4.78, 5) is 0. The fraction of sp³-hybridized carbons (Fsp3) is 0.308. The second kappa shape index (κ2) is 6.50. The summed E-state index contributed by atoms with van der Waals surface area (Å²) in [5.41, 5.74) is 2.31. The normalized spacial score (nSPS) is 10.8. The van der Waals surface area contributed by atoms with Crippen molar-refractivity contribution in [3.63, 3.8) is 0 Å². The van der Waals surface area contributed by atoms with Crippen molar-refractivity contribution in [1.82, 2.24) is 15.1 Å². The molecule has 0 radical (unpaired) electrons. The summed E-state index contributed by atoms with van der Waals surface area (Å²) in [7, 11) is 0. The number of rotatable bonds is 5. The smallest absolute Gasteiger partial charge is 0.0657 e. The van der Waals surface area contributed by atoms with Crippen LogP contribution in [0, 0.1) is 0 Å². The second-order valence-electron chi connectivity index (χ2n) is 4.06. The van der Waals surface area contributed by atoms with E-state index in [0.29, 0.717) is 0 Å². The van der Waals surface area contributed by atoms with Crippen LogP contribution in [0.4, 0.5) is 0 Å². The van der Waals surface area contributed by atoms with Gasteiger partial charge in [-0.05, 0) is 46.6 Å². The summed E-state index contributed by atoms with van der Waals surface area (Å²) < 4.78 is 3.93. The Labute approximate surface area is 124 Å². The monoisotopic (exact) mass is 371 g/mol. The van der Waals surface area contributed by atoms with Crippen molar-refractivity contribution in [2.75, 3.05) is 6.54 Å². The third-order valence-electron chi connectivity index (χ3n) is 2.59. The zero-order valence-corrected chi connectivity index (χ0v) is 13.3. The molecule has 0 fully saturated rings. The first-order valence-corrected chi connectivity index (χ1v) is 7.49. The van der Waals surface area contributed by atoms with E-state index in [1.807, 2.05) is 10.9 Å². The van der Waals surface area contributed by atoms with Crippen molar-refractivity contribution in [2.24, 2.45) is 0 Å². The van der Waals surface area contributed by atoms with Crippen LogP contribution in [0.5, 0.6) is 0 Å². The molecule has 0 bridgehead atoms. The Hall–Kier alpha value is -0.650. The lowest BCUT2D eigenvalue weighted by molar-refractivity contribution is 0.673. The number of aromatic nitrogens is 2. The summed E-state index contributed by atoms with van der Waals surface area (Å²) >= 11 is 7.01. The van der Waals surface area contributed by atoms with E-state index in [9.17, 15) is 0 Å². The standard InChI is InChI=1S/C13H15Br2N3/c1-2-5-16-7-10-3-4-12(6-13(10)15)18-9-11(14)8-17-18/h3-4,6,8-9,16H,2,5,7H2,1H3. The van der Waals surface area contributed by atoms with Gasteiger partial charge in [-0.1, -0.05) is 28.9 Å². The van der Waals surface area contributed by atoms with Gasteiger partial charge in [-0.15, -0.1) is 0 Å². The molecule has 1 aromatic heterocycles. The van der Waals surface area contributed by atoms with Crippen molar-refractivity contribution < 1.29 is 0 Å². The van der Waals surface area contributed by atoms with Gasteiger partial charge in [0.25, 0.3) is 0 Å². The molecule has 5 heteroatoms. The zero-order chi connectivity index (χ0) is 13.0. The van der Waals surface area contributed by atoms with Crippen LogP contribution in [0.25, 0.3) is 5.69 Å². The molecule has 0 atom stereocenters. The Morgan fingerprint density at radius 3 is 2.78 bits per heavy atom. The first kappa shape index (κ1) is 13.8. The minimum atomic E-state index is 0.886. The zero-order valence-electron chi connectivity index (χ0n) is 10.2. The van der Waals surface area contributed by atoms with Gasteiger partial charge in [0.15, 0.2) is 0 Å². The van der Waals surface area contributed by atoms with Crippen molar-refractivity contribution in [3.05, 3.63) is 45.1 Å². The topological polar surface area (TPSA) is 29.9 Å². The van der Waals surface area contributed by atoms with E-state index in [4.69, 9.17) is 0 Å². The summed E-state index contributed by atoms with van der Waals surface area (Å²) in [5, 5.41) is 7.66. The molecule has 1 N–H and O–H groups in total. The van der Waals surface area contributed by atoms with Crippen molar-refractivity contribution in [3.8, 4) is 5.69 Å². The van der Waals surface area contributed by atoms with Gasteiger partial charge >= 0.3 is 0 Å². The molecule has 0 aliphatic rings. The van der Waals surface area contributed by atoms with E-state index in [2.05, 4.69) is 67.4 Å². The van der Waals surface area contributed by atoms with Crippen LogP contribution in [0.3, 0.4) is 0 Å². The minimum Gasteiger partial charge on any atom is -0.313 e. The Morgan fingerprint density at radius 2 is 2.17 bits per heavy atom. The fourth-order valence-corrected chi connectivity index (χ4v) is 2.46. The number of benzene rings is 1. The molecule has 0 unspecified atom stereocenters. The minimum absolute atomic E-state index is 0.886. The lowest BCUT2D eigenvalue weighted by Gasteiger charge is -2.08. The van der Waals surface area contributed by atoms with E-state index >= 15 is 0 Å². The van der Waals surface area contributed by atoms with Crippen LogP contribution in [0.2, 0.25) is 0 Å². The highest BCUT2D eigenvalue weighted by molar-refractivity contribution is 9.10. The number of hydrogen-bond acceptors (Lipinski definition) is 2. The molecule has 0 spiro atoms. The molecule has 1 heterocycles. The van der Waals surface area contributed by atoms with Crippen molar-refractivity contribution >= 4 is 31.9 Å². The third kappa shape index (κ3) is 3.43. The highest BCUT2D eigenvalue weighted by Gasteiger charge is 2.04. The van der Waals surface area contributed by atoms with Gasteiger partial charge in [-0.25, -0.2) is 4.68 Å². The molecule has 0 aliphatic heterocycles. The van der Waals surface area contributed by atoms with Gasteiger partial charge in [0.1, 0.15) is 0 Å². The number of hydrogen-bond donors (Lipinski definition) is 1. The largest absolute Gasteiger partial charge is 0.313 e. The Morgan fingerprint density at radius 1 is 1.33 bits per heavy atom. The Bertz CT molecular complexity index is 523. The van der Waals surface area contributed by atoms with Gasteiger partial charge in [0.2, 0.25) is 0 Å². The molecule has 0 saturated carbocycles. The van der Waals surface area contributed by atoms with Gasteiger partial charge in [-0.2, -0.15) is 5.10 Å². The number of halogens is 2. The van der Waals surface area contributed by atoms with Crippen LogP contribution in [-0.2, 0) is 6.54 Å². The maximum absolute atomic E-state index is 4.27. The van der Waals surface area contributed by atoms with Crippen molar-refractivity contribution in [1.29, 1.82) is 0 Å². The first-order chi connectivity index (χ1) is 8.70. The van der Waals surface area contributed by atoms with Crippen LogP contribution in [-0.4, -0.2) is 16.3 Å². The highest BCUT2D eigenvalue weighted by Crippen LogP contribution is 2.21. The molecule has 0 amide bonds. The maximum atomic E-state index is 4.27. The number of nitrogens with one attached hydrogen (secondary N) is 1.